The van der Waals surface area contributed by atoms with Gasteiger partial charge in [-0.15, -0.1) is 11.3 Å². The Balaban J connectivity index is 1.91. The predicted molar refractivity (Wildman–Crippen MR) is 100 cm³/mol. The Hall–Kier alpha value is -2.23. The Bertz CT molecular complexity index is 898. The fourth-order valence-electron chi connectivity index (χ4n) is 2.09. The van der Waals surface area contributed by atoms with E-state index in [1.807, 2.05) is 31.2 Å². The molecule has 0 aliphatic carbocycles. The van der Waals surface area contributed by atoms with Gasteiger partial charge in [-0.05, 0) is 43.4 Å². The Kier molecular flexibility index (Phi) is 4.93. The molecule has 9 heteroatoms. The van der Waals surface area contributed by atoms with Crippen molar-refractivity contribution in [2.75, 3.05) is 17.7 Å². The first-order chi connectivity index (χ1) is 11.6. The van der Waals surface area contributed by atoms with E-state index in [2.05, 4.69) is 10.3 Å². The van der Waals surface area contributed by atoms with Crippen molar-refractivity contribution < 1.29 is 9.53 Å². The molecule has 124 valence electrons. The van der Waals surface area contributed by atoms with Gasteiger partial charge in [-0.3, -0.25) is 14.7 Å². The van der Waals surface area contributed by atoms with E-state index in [4.69, 9.17) is 22.7 Å². The van der Waals surface area contributed by atoms with Gasteiger partial charge in [0, 0.05) is 17.3 Å². The van der Waals surface area contributed by atoms with E-state index in [0.717, 1.165) is 11.4 Å². The number of nitrogens with two attached hydrogens (primary N) is 1. The van der Waals surface area contributed by atoms with Crippen molar-refractivity contribution in [3.8, 4) is 11.4 Å². The maximum atomic E-state index is 12.4. The van der Waals surface area contributed by atoms with Crippen LogP contribution in [0, 0.1) is 3.95 Å². The largest absolute Gasteiger partial charge is 0.494 e. The molecule has 2 aromatic heterocycles. The van der Waals surface area contributed by atoms with Gasteiger partial charge in [0.15, 0.2) is 9.09 Å². The van der Waals surface area contributed by atoms with Crippen molar-refractivity contribution >= 4 is 51.7 Å². The van der Waals surface area contributed by atoms with Crippen LogP contribution in [0.25, 0.3) is 5.69 Å². The Labute approximate surface area is 151 Å². The van der Waals surface area contributed by atoms with Gasteiger partial charge >= 0.3 is 0 Å². The molecule has 0 bridgehead atoms. The first kappa shape index (κ1) is 16.6. The quantitative estimate of drug-likeness (QED) is 0.657. The van der Waals surface area contributed by atoms with E-state index in [1.165, 1.54) is 22.7 Å². The second-order valence-electron chi connectivity index (χ2n) is 4.64. The lowest BCUT2D eigenvalue weighted by atomic mass is 10.3. The van der Waals surface area contributed by atoms with Crippen LogP contribution >= 0.6 is 34.9 Å². The van der Waals surface area contributed by atoms with E-state index in [0.29, 0.717) is 26.4 Å². The van der Waals surface area contributed by atoms with Gasteiger partial charge in [-0.2, -0.15) is 0 Å². The number of carbonyl (C=O) groups excluding carboxylic acids is 1. The van der Waals surface area contributed by atoms with Gasteiger partial charge in [-0.25, -0.2) is 4.98 Å². The minimum Gasteiger partial charge on any atom is -0.494 e. The number of carbonyl (C=O) groups is 1. The highest BCUT2D eigenvalue weighted by Gasteiger charge is 2.19. The van der Waals surface area contributed by atoms with Crippen molar-refractivity contribution in [1.82, 2.24) is 9.55 Å². The number of nitrogens with one attached hydrogen (secondary N) is 1. The summed E-state index contributed by atoms with van der Waals surface area (Å²) in [6.45, 7) is 2.52. The molecule has 3 N–H and O–H groups in total. The fourth-order valence-corrected chi connectivity index (χ4v) is 3.88. The van der Waals surface area contributed by atoms with Crippen LogP contribution < -0.4 is 15.8 Å². The average molecular weight is 379 g/mol. The van der Waals surface area contributed by atoms with E-state index < -0.39 is 0 Å². The number of aromatic nitrogens is 2. The number of thiazole rings is 2. The zero-order valence-corrected chi connectivity index (χ0v) is 15.1. The molecular formula is C15H14N4O2S3. The highest BCUT2D eigenvalue weighted by atomic mass is 32.1. The number of rotatable bonds is 5. The molecule has 24 heavy (non-hydrogen) atoms. The van der Waals surface area contributed by atoms with Gasteiger partial charge in [0.25, 0.3) is 5.91 Å². The molecule has 2 heterocycles. The normalized spacial score (nSPS) is 10.5. The maximum Gasteiger partial charge on any atom is 0.271 e. The molecule has 3 rings (SSSR count). The topological polar surface area (TPSA) is 82.2 Å². The zero-order valence-electron chi connectivity index (χ0n) is 12.7. The molecule has 1 aromatic carbocycles. The number of benzene rings is 1. The molecule has 3 aromatic rings. The van der Waals surface area contributed by atoms with Gasteiger partial charge in [0.1, 0.15) is 16.4 Å². The summed E-state index contributed by atoms with van der Waals surface area (Å²) in [7, 11) is 0. The zero-order chi connectivity index (χ0) is 17.1. The highest BCUT2D eigenvalue weighted by Crippen LogP contribution is 2.28. The van der Waals surface area contributed by atoms with Crippen molar-refractivity contribution in [3.05, 3.63) is 44.7 Å². The molecule has 0 spiro atoms. The van der Waals surface area contributed by atoms with E-state index in [1.54, 1.807) is 16.1 Å². The van der Waals surface area contributed by atoms with Gasteiger partial charge in [0.05, 0.1) is 6.61 Å². The van der Waals surface area contributed by atoms with Crippen molar-refractivity contribution in [2.45, 2.75) is 6.92 Å². The summed E-state index contributed by atoms with van der Waals surface area (Å²) in [6, 6.07) is 7.39. The molecule has 0 saturated carbocycles. The van der Waals surface area contributed by atoms with Crippen molar-refractivity contribution in [1.29, 1.82) is 0 Å². The first-order valence-electron chi connectivity index (χ1n) is 7.05. The highest BCUT2D eigenvalue weighted by molar-refractivity contribution is 7.73. The van der Waals surface area contributed by atoms with Crippen LogP contribution in [0.15, 0.2) is 35.8 Å². The molecule has 0 unspecified atom stereocenters. The number of nitrogens with zero attached hydrogens (tertiary/aromatic N) is 2. The van der Waals surface area contributed by atoms with Crippen molar-refractivity contribution in [3.63, 3.8) is 0 Å². The molecular weight excluding hydrogens is 364 g/mol. The third-order valence-corrected chi connectivity index (χ3v) is 5.19. The molecule has 0 atom stereocenters. The molecule has 0 aliphatic heterocycles. The smallest absolute Gasteiger partial charge is 0.271 e. The van der Waals surface area contributed by atoms with E-state index >= 15 is 0 Å². The third-order valence-electron chi connectivity index (χ3n) is 3.11. The van der Waals surface area contributed by atoms with Crippen LogP contribution in [0.2, 0.25) is 0 Å². The average Bonchev–Trinajstić information content (AvgIpc) is 3.17. The summed E-state index contributed by atoms with van der Waals surface area (Å²) in [6.07, 6.45) is 1.62. The lowest BCUT2D eigenvalue weighted by Crippen LogP contribution is -2.13. The maximum absolute atomic E-state index is 12.4. The second kappa shape index (κ2) is 7.12. The second-order valence-corrected chi connectivity index (χ2v) is 7.17. The van der Waals surface area contributed by atoms with Gasteiger partial charge in [0.2, 0.25) is 0 Å². The Morgan fingerprint density at radius 1 is 1.42 bits per heavy atom. The summed E-state index contributed by atoms with van der Waals surface area (Å²) < 4.78 is 7.60. The minimum absolute atomic E-state index is 0.309. The van der Waals surface area contributed by atoms with Crippen LogP contribution in [-0.4, -0.2) is 22.1 Å². The third kappa shape index (κ3) is 3.32. The molecule has 0 saturated heterocycles. The van der Waals surface area contributed by atoms with Crippen molar-refractivity contribution in [2.24, 2.45) is 0 Å². The molecule has 0 fully saturated rings. The summed E-state index contributed by atoms with van der Waals surface area (Å²) in [5.41, 5.74) is 6.94. The van der Waals surface area contributed by atoms with Crippen LogP contribution in [0.5, 0.6) is 5.75 Å². The fraction of sp³-hybridized carbons (Fsp3) is 0.133. The van der Waals surface area contributed by atoms with Gasteiger partial charge in [-0.1, -0.05) is 11.3 Å². The number of nitrogen functional groups attached to an aromatic ring is 1. The van der Waals surface area contributed by atoms with E-state index in [-0.39, 0.29) is 5.91 Å². The Morgan fingerprint density at radius 2 is 2.17 bits per heavy atom. The lowest BCUT2D eigenvalue weighted by Gasteiger charge is -2.08. The number of hydrogen-bond donors (Lipinski definition) is 2. The van der Waals surface area contributed by atoms with Crippen LogP contribution in [-0.2, 0) is 0 Å². The first-order valence-corrected chi connectivity index (χ1v) is 9.16. The molecule has 1 amide bonds. The lowest BCUT2D eigenvalue weighted by molar-refractivity contribution is 0.103. The SMILES string of the molecule is CCOc1ccc(-n2c(N)c(C(=O)Nc3nccs3)sc2=S)cc1. The standard InChI is InChI=1S/C15H14N4O2S3/c1-2-21-10-5-3-9(4-6-10)19-12(16)11(24-15(19)22)13(20)18-14-17-7-8-23-14/h3-8H,2,16H2,1H3,(H,17,18,20). The predicted octanol–water partition coefficient (Wildman–Crippen LogP) is 3.96. The summed E-state index contributed by atoms with van der Waals surface area (Å²) in [5, 5.41) is 5.02. The summed E-state index contributed by atoms with van der Waals surface area (Å²) >= 11 is 7.88. The number of hydrogen-bond acceptors (Lipinski definition) is 7. The summed E-state index contributed by atoms with van der Waals surface area (Å²) in [4.78, 5) is 16.8. The number of ether oxygens (including phenoxy) is 1. The number of anilines is 2. The Morgan fingerprint density at radius 3 is 2.79 bits per heavy atom. The van der Waals surface area contributed by atoms with Crippen LogP contribution in [0.3, 0.4) is 0 Å². The molecule has 0 aliphatic rings. The molecule has 6 nitrogen and oxygen atoms in total. The van der Waals surface area contributed by atoms with E-state index in [9.17, 15) is 4.79 Å². The molecule has 0 radical (unpaired) electrons. The van der Waals surface area contributed by atoms with Gasteiger partial charge < -0.3 is 10.5 Å². The van der Waals surface area contributed by atoms with Crippen LogP contribution in [0.1, 0.15) is 16.6 Å². The number of amides is 1. The van der Waals surface area contributed by atoms with Crippen LogP contribution in [0.4, 0.5) is 10.9 Å². The monoisotopic (exact) mass is 378 g/mol. The summed E-state index contributed by atoms with van der Waals surface area (Å²) in [5.74, 6) is 0.759. The minimum atomic E-state index is -0.316.